The second-order valence-electron chi connectivity index (χ2n) is 8.31. The summed E-state index contributed by atoms with van der Waals surface area (Å²) in [7, 11) is 0. The predicted molar refractivity (Wildman–Crippen MR) is 106 cm³/mol. The molecule has 2 aliphatic rings. The molecule has 0 bridgehead atoms. The van der Waals surface area contributed by atoms with Gasteiger partial charge in [-0.05, 0) is 30.5 Å². The maximum atomic E-state index is 13.3. The number of fused-ring (bicyclic) bond motifs is 1. The van der Waals surface area contributed by atoms with Crippen molar-refractivity contribution in [3.05, 3.63) is 35.4 Å². The molecule has 170 valence electrons. The van der Waals surface area contributed by atoms with Gasteiger partial charge in [0.1, 0.15) is 5.54 Å². The van der Waals surface area contributed by atoms with Gasteiger partial charge in [-0.15, -0.1) is 0 Å². The Morgan fingerprint density at radius 2 is 1.84 bits per heavy atom. The molecule has 4 atom stereocenters. The molecule has 1 aromatic rings. The molecule has 4 unspecified atom stereocenters. The lowest BCUT2D eigenvalue weighted by Gasteiger charge is -2.31. The summed E-state index contributed by atoms with van der Waals surface area (Å²) >= 11 is 0. The number of halogens is 3. The fraction of sp³-hybridized carbons (Fsp3) is 0.591. The SMILES string of the molecule is CCCCN1C(=O)C2C(c3cccc(C(F)(F)F)c3)NC(CCCC)(C(=O)O)C2C1=O. The van der Waals surface area contributed by atoms with Crippen molar-refractivity contribution in [3.8, 4) is 0 Å². The van der Waals surface area contributed by atoms with Crippen LogP contribution in [-0.4, -0.2) is 39.9 Å². The zero-order valence-corrected chi connectivity index (χ0v) is 17.5. The van der Waals surface area contributed by atoms with Gasteiger partial charge in [0.25, 0.3) is 0 Å². The molecule has 1 aromatic carbocycles. The molecule has 2 amide bonds. The number of carbonyl (C=O) groups excluding carboxylic acids is 2. The molecule has 2 aliphatic heterocycles. The predicted octanol–water partition coefficient (Wildman–Crippen LogP) is 3.76. The summed E-state index contributed by atoms with van der Waals surface area (Å²) in [5.41, 5.74) is -2.43. The van der Waals surface area contributed by atoms with Crippen molar-refractivity contribution < 1.29 is 32.7 Å². The van der Waals surface area contributed by atoms with Gasteiger partial charge in [0, 0.05) is 12.6 Å². The molecular formula is C22H27F3N2O4. The fourth-order valence-corrected chi connectivity index (χ4v) is 4.78. The molecule has 6 nitrogen and oxygen atoms in total. The summed E-state index contributed by atoms with van der Waals surface area (Å²) < 4.78 is 39.8. The highest BCUT2D eigenvalue weighted by Crippen LogP contribution is 2.51. The smallest absolute Gasteiger partial charge is 0.416 e. The van der Waals surface area contributed by atoms with E-state index in [4.69, 9.17) is 0 Å². The number of hydrogen-bond acceptors (Lipinski definition) is 4. The number of carboxylic acids is 1. The van der Waals surface area contributed by atoms with Gasteiger partial charge >= 0.3 is 12.1 Å². The lowest BCUT2D eigenvalue weighted by Crippen LogP contribution is -2.55. The first-order valence-electron chi connectivity index (χ1n) is 10.6. The van der Waals surface area contributed by atoms with E-state index >= 15 is 0 Å². The van der Waals surface area contributed by atoms with Crippen LogP contribution in [0.3, 0.4) is 0 Å². The van der Waals surface area contributed by atoms with Crippen LogP contribution in [0.2, 0.25) is 0 Å². The number of rotatable bonds is 8. The first-order chi connectivity index (χ1) is 14.6. The Balaban J connectivity index is 2.10. The summed E-state index contributed by atoms with van der Waals surface area (Å²) in [6.45, 7) is 3.96. The first kappa shape index (κ1) is 23.2. The molecule has 0 aromatic heterocycles. The number of aliphatic carboxylic acids is 1. The van der Waals surface area contributed by atoms with Crippen LogP contribution < -0.4 is 5.32 Å². The third kappa shape index (κ3) is 3.95. The number of alkyl halides is 3. The Labute approximate surface area is 178 Å². The highest BCUT2D eigenvalue weighted by Gasteiger charge is 2.68. The van der Waals surface area contributed by atoms with Gasteiger partial charge in [0.05, 0.1) is 17.4 Å². The van der Waals surface area contributed by atoms with E-state index < -0.39 is 52.9 Å². The van der Waals surface area contributed by atoms with E-state index in [1.54, 1.807) is 0 Å². The number of hydrogen-bond donors (Lipinski definition) is 2. The Kier molecular flexibility index (Phi) is 6.45. The number of carboxylic acid groups (broad SMARTS) is 1. The Bertz CT molecular complexity index is 873. The van der Waals surface area contributed by atoms with Crippen molar-refractivity contribution in [1.29, 1.82) is 0 Å². The van der Waals surface area contributed by atoms with E-state index in [-0.39, 0.29) is 18.5 Å². The number of nitrogens with one attached hydrogen (secondary N) is 1. The van der Waals surface area contributed by atoms with Crippen LogP contribution in [0, 0.1) is 11.8 Å². The van der Waals surface area contributed by atoms with Crippen molar-refractivity contribution in [2.75, 3.05) is 6.54 Å². The first-order valence-corrected chi connectivity index (χ1v) is 10.6. The van der Waals surface area contributed by atoms with Crippen molar-refractivity contribution in [3.63, 3.8) is 0 Å². The quantitative estimate of drug-likeness (QED) is 0.601. The molecule has 0 spiro atoms. The molecule has 0 aliphatic carbocycles. The number of amides is 2. The van der Waals surface area contributed by atoms with E-state index in [0.717, 1.165) is 23.5 Å². The number of likely N-dealkylation sites (tertiary alicyclic amines) is 1. The Morgan fingerprint density at radius 1 is 1.16 bits per heavy atom. The van der Waals surface area contributed by atoms with E-state index in [2.05, 4.69) is 5.32 Å². The molecule has 0 radical (unpaired) electrons. The highest BCUT2D eigenvalue weighted by atomic mass is 19.4. The average Bonchev–Trinajstić information content (AvgIpc) is 3.19. The summed E-state index contributed by atoms with van der Waals surface area (Å²) in [6, 6.07) is 3.53. The van der Waals surface area contributed by atoms with E-state index in [1.165, 1.54) is 12.1 Å². The average molecular weight is 440 g/mol. The number of carbonyl (C=O) groups is 3. The molecule has 9 heteroatoms. The minimum absolute atomic E-state index is 0.107. The van der Waals surface area contributed by atoms with Crippen molar-refractivity contribution >= 4 is 17.8 Å². The summed E-state index contributed by atoms with van der Waals surface area (Å²) in [4.78, 5) is 39.9. The minimum Gasteiger partial charge on any atom is -0.480 e. The second-order valence-corrected chi connectivity index (χ2v) is 8.31. The van der Waals surface area contributed by atoms with Gasteiger partial charge in [0.15, 0.2) is 0 Å². The molecule has 0 saturated carbocycles. The molecule has 2 saturated heterocycles. The number of unbranched alkanes of at least 4 members (excludes halogenated alkanes) is 2. The van der Waals surface area contributed by atoms with Gasteiger partial charge < -0.3 is 5.11 Å². The lowest BCUT2D eigenvalue weighted by atomic mass is 9.76. The standard InChI is InChI=1S/C22H27F3N2O4/c1-3-5-10-21(20(30)31)16-15(18(28)27(19(16)29)11-6-4-2)17(26-21)13-8-7-9-14(12-13)22(23,24)25/h7-9,12,15-17,26H,3-6,10-11H2,1-2H3,(H,30,31). The zero-order chi connectivity index (χ0) is 23.0. The van der Waals surface area contributed by atoms with E-state index in [1.807, 2.05) is 13.8 Å². The monoisotopic (exact) mass is 440 g/mol. The van der Waals surface area contributed by atoms with Gasteiger partial charge in [0.2, 0.25) is 11.8 Å². The number of benzene rings is 1. The van der Waals surface area contributed by atoms with Crippen LogP contribution in [0.25, 0.3) is 0 Å². The van der Waals surface area contributed by atoms with Crippen LogP contribution >= 0.6 is 0 Å². The Morgan fingerprint density at radius 3 is 2.42 bits per heavy atom. The third-order valence-corrected chi connectivity index (χ3v) is 6.36. The van der Waals surface area contributed by atoms with Crippen LogP contribution in [0.15, 0.2) is 24.3 Å². The topological polar surface area (TPSA) is 86.7 Å². The fourth-order valence-electron chi connectivity index (χ4n) is 4.78. The van der Waals surface area contributed by atoms with Gasteiger partial charge in [-0.25, -0.2) is 0 Å². The third-order valence-electron chi connectivity index (χ3n) is 6.36. The van der Waals surface area contributed by atoms with Crippen molar-refractivity contribution in [2.24, 2.45) is 11.8 Å². The minimum atomic E-state index is -4.58. The normalized spacial score (nSPS) is 28.3. The van der Waals surface area contributed by atoms with E-state index in [9.17, 15) is 32.7 Å². The second kappa shape index (κ2) is 8.61. The summed E-state index contributed by atoms with van der Waals surface area (Å²) in [5, 5.41) is 13.1. The largest absolute Gasteiger partial charge is 0.480 e. The van der Waals surface area contributed by atoms with Crippen LogP contribution in [0.5, 0.6) is 0 Å². The molecule has 2 fully saturated rings. The van der Waals surface area contributed by atoms with Crippen LogP contribution in [0.1, 0.15) is 63.1 Å². The molecule has 31 heavy (non-hydrogen) atoms. The molecule has 3 rings (SSSR count). The Hall–Kier alpha value is -2.42. The van der Waals surface area contributed by atoms with Gasteiger partial charge in [-0.1, -0.05) is 45.2 Å². The summed E-state index contributed by atoms with van der Waals surface area (Å²) in [6.07, 6.45) is -1.99. The molecule has 2 heterocycles. The van der Waals surface area contributed by atoms with E-state index in [0.29, 0.717) is 19.3 Å². The van der Waals surface area contributed by atoms with Crippen molar-refractivity contribution in [1.82, 2.24) is 10.2 Å². The summed E-state index contributed by atoms with van der Waals surface area (Å²) in [5.74, 6) is -4.54. The molecular weight excluding hydrogens is 413 g/mol. The zero-order valence-electron chi connectivity index (χ0n) is 17.5. The maximum absolute atomic E-state index is 13.3. The van der Waals surface area contributed by atoms with Crippen molar-refractivity contribution in [2.45, 2.75) is 63.7 Å². The van der Waals surface area contributed by atoms with Crippen LogP contribution in [0.4, 0.5) is 13.2 Å². The van der Waals surface area contributed by atoms with Gasteiger partial charge in [-0.3, -0.25) is 24.6 Å². The van der Waals surface area contributed by atoms with Gasteiger partial charge in [-0.2, -0.15) is 13.2 Å². The highest BCUT2D eigenvalue weighted by molar-refractivity contribution is 6.09. The molecule has 2 N–H and O–H groups in total. The number of imide groups is 1. The lowest BCUT2D eigenvalue weighted by molar-refractivity contribution is -0.152. The maximum Gasteiger partial charge on any atom is 0.416 e. The van der Waals surface area contributed by atoms with Crippen LogP contribution in [-0.2, 0) is 20.6 Å². The number of nitrogens with zero attached hydrogens (tertiary/aromatic N) is 1.